The molecular formula is C25H30FN7O3S. The monoisotopic (exact) mass is 527 g/mol. The van der Waals surface area contributed by atoms with E-state index in [1.165, 1.54) is 29.8 Å². The molecule has 1 fully saturated rings. The molecule has 5 rings (SSSR count). The fourth-order valence-corrected chi connectivity index (χ4v) is 5.49. The van der Waals surface area contributed by atoms with Crippen LogP contribution in [0.5, 0.6) is 0 Å². The number of hydrogen-bond donors (Lipinski definition) is 3. The van der Waals surface area contributed by atoms with Gasteiger partial charge in [0.25, 0.3) is 0 Å². The molecule has 4 heterocycles. The van der Waals surface area contributed by atoms with Crippen molar-refractivity contribution in [2.45, 2.75) is 37.8 Å². The molecule has 1 saturated heterocycles. The van der Waals surface area contributed by atoms with Gasteiger partial charge in [-0.2, -0.15) is 5.10 Å². The van der Waals surface area contributed by atoms with Gasteiger partial charge in [0, 0.05) is 36.0 Å². The van der Waals surface area contributed by atoms with E-state index in [1.54, 1.807) is 18.3 Å². The Morgan fingerprint density at radius 1 is 1.35 bits per heavy atom. The molecule has 0 saturated carbocycles. The number of aliphatic hydroxyl groups excluding tert-OH is 1. The molecule has 3 N–H and O–H groups in total. The van der Waals surface area contributed by atoms with Crippen molar-refractivity contribution in [3.8, 4) is 0 Å². The molecule has 0 radical (unpaired) electrons. The molecule has 2 atom stereocenters. The van der Waals surface area contributed by atoms with Crippen LogP contribution in [0.15, 0.2) is 52.3 Å². The second kappa shape index (κ2) is 11.9. The van der Waals surface area contributed by atoms with E-state index in [9.17, 15) is 14.3 Å². The lowest BCUT2D eigenvalue weighted by atomic mass is 10.2. The molecule has 3 aliphatic rings. The summed E-state index contributed by atoms with van der Waals surface area (Å²) in [6.07, 6.45) is 8.30. The number of benzene rings is 1. The summed E-state index contributed by atoms with van der Waals surface area (Å²) < 4.78 is 19.4. The molecule has 10 nitrogen and oxygen atoms in total. The number of aliphatic hydroxyl groups is 1. The first-order chi connectivity index (χ1) is 18.1. The van der Waals surface area contributed by atoms with E-state index in [-0.39, 0.29) is 31.1 Å². The van der Waals surface area contributed by atoms with E-state index in [0.29, 0.717) is 29.8 Å². The van der Waals surface area contributed by atoms with Gasteiger partial charge in [-0.3, -0.25) is 14.7 Å². The van der Waals surface area contributed by atoms with E-state index in [4.69, 9.17) is 4.74 Å². The van der Waals surface area contributed by atoms with Crippen molar-refractivity contribution in [2.24, 2.45) is 10.1 Å². The number of carbonyl (C=O) groups is 1. The fourth-order valence-electron chi connectivity index (χ4n) is 4.68. The van der Waals surface area contributed by atoms with Crippen molar-refractivity contribution in [1.29, 1.82) is 0 Å². The summed E-state index contributed by atoms with van der Waals surface area (Å²) >= 11 is 1.35. The number of anilines is 2. The summed E-state index contributed by atoms with van der Waals surface area (Å²) in [4.78, 5) is 24.2. The maximum Gasteiger partial charge on any atom is 0.229 e. The standard InChI is InChI=1S/C25H30FN7O3S/c26-17-4-1-5-18(10-17)30-23(35)12-21-13-27-25(37-21)31-24-22-11-20(14-33(22)29-16-28-24)36-9-3-8-32-7-2-6-19(32)15-34/h1,4-5,10-11,13,16,19-20,34H,2-3,6-9,12,14-15H2,(H,30,35)(H,27,28,29,31)/t19-,20?/m0/s1. The Morgan fingerprint density at radius 3 is 3.14 bits per heavy atom. The van der Waals surface area contributed by atoms with Gasteiger partial charge in [0.1, 0.15) is 17.9 Å². The van der Waals surface area contributed by atoms with Gasteiger partial charge in [-0.25, -0.2) is 14.4 Å². The minimum Gasteiger partial charge on any atom is -0.395 e. The molecule has 0 aliphatic carbocycles. The van der Waals surface area contributed by atoms with Crippen LogP contribution >= 0.6 is 11.3 Å². The number of amides is 1. The molecule has 1 aromatic carbocycles. The Kier molecular flexibility index (Phi) is 8.19. The molecule has 196 valence electrons. The molecule has 1 amide bonds. The van der Waals surface area contributed by atoms with Gasteiger partial charge < -0.3 is 20.5 Å². The van der Waals surface area contributed by atoms with Crippen LogP contribution in [0.1, 0.15) is 24.1 Å². The van der Waals surface area contributed by atoms with Gasteiger partial charge in [-0.1, -0.05) is 6.07 Å². The third kappa shape index (κ3) is 6.58. The average Bonchev–Trinajstić information content (AvgIpc) is 3.62. The number of nitrogens with one attached hydrogen (secondary N) is 2. The van der Waals surface area contributed by atoms with Crippen LogP contribution in [0.4, 0.5) is 15.2 Å². The summed E-state index contributed by atoms with van der Waals surface area (Å²) in [6.45, 7) is 3.44. The topological polar surface area (TPSA) is 115 Å². The van der Waals surface area contributed by atoms with Gasteiger partial charge in [0.05, 0.1) is 25.7 Å². The fraction of sp³-hybridized carbons (Fsp3) is 0.440. The highest BCUT2D eigenvalue weighted by Crippen LogP contribution is 2.25. The molecule has 37 heavy (non-hydrogen) atoms. The molecule has 2 aromatic rings. The number of carbonyl (C=O) groups excluding carboxylic acids is 1. The smallest absolute Gasteiger partial charge is 0.229 e. The highest BCUT2D eigenvalue weighted by atomic mass is 32.1. The Bertz CT molecular complexity index is 1200. The van der Waals surface area contributed by atoms with Gasteiger partial charge >= 0.3 is 0 Å². The quantitative estimate of drug-likeness (QED) is 0.407. The number of aliphatic imine (C=N–C) groups is 1. The van der Waals surface area contributed by atoms with Crippen LogP contribution in [0.3, 0.4) is 0 Å². The highest BCUT2D eigenvalue weighted by molar-refractivity contribution is 7.15. The first-order valence-electron chi connectivity index (χ1n) is 12.4. The predicted octanol–water partition coefficient (Wildman–Crippen LogP) is 2.66. The molecular weight excluding hydrogens is 497 g/mol. The second-order valence-corrected chi connectivity index (χ2v) is 10.2. The lowest BCUT2D eigenvalue weighted by Gasteiger charge is -2.23. The number of hydrogen-bond acceptors (Lipinski definition) is 10. The zero-order valence-corrected chi connectivity index (χ0v) is 21.2. The molecule has 1 aromatic heterocycles. The van der Waals surface area contributed by atoms with Gasteiger partial charge in [0.2, 0.25) is 5.91 Å². The van der Waals surface area contributed by atoms with Gasteiger partial charge in [-0.15, -0.1) is 11.3 Å². The van der Waals surface area contributed by atoms with Crippen LogP contribution in [0.25, 0.3) is 0 Å². The summed E-state index contributed by atoms with van der Waals surface area (Å²) in [7, 11) is 0. The Morgan fingerprint density at radius 2 is 2.27 bits per heavy atom. The lowest BCUT2D eigenvalue weighted by molar-refractivity contribution is -0.115. The summed E-state index contributed by atoms with van der Waals surface area (Å²) in [5.41, 5.74) is 1.24. The zero-order valence-electron chi connectivity index (χ0n) is 20.3. The van der Waals surface area contributed by atoms with E-state index >= 15 is 0 Å². The van der Waals surface area contributed by atoms with Crippen molar-refractivity contribution in [3.05, 3.63) is 52.9 Å². The Hall–Kier alpha value is -3.19. The number of nitrogens with zero attached hydrogens (tertiary/aromatic N) is 5. The van der Waals surface area contributed by atoms with Crippen LogP contribution in [0.2, 0.25) is 0 Å². The molecule has 12 heteroatoms. The first kappa shape index (κ1) is 25.5. The SMILES string of the molecule is O=C(Cc1cnc(NC2=NC=NN3CC(OCCCN4CCC[C@H]4CO)C=C23)s1)Nc1cccc(F)c1. The number of likely N-dealkylation sites (tertiary alicyclic amines) is 1. The predicted molar refractivity (Wildman–Crippen MR) is 141 cm³/mol. The van der Waals surface area contributed by atoms with Crippen molar-refractivity contribution < 1.29 is 19.0 Å². The maximum atomic E-state index is 13.3. The number of amidine groups is 1. The summed E-state index contributed by atoms with van der Waals surface area (Å²) in [5, 5.41) is 22.2. The number of thiazole rings is 1. The van der Waals surface area contributed by atoms with Crippen molar-refractivity contribution in [2.75, 3.05) is 43.5 Å². The highest BCUT2D eigenvalue weighted by Gasteiger charge is 2.29. The Balaban J connectivity index is 1.11. The third-order valence-corrected chi connectivity index (χ3v) is 7.36. The summed E-state index contributed by atoms with van der Waals surface area (Å²) in [5.74, 6) is -0.0293. The molecule has 0 spiro atoms. The largest absolute Gasteiger partial charge is 0.395 e. The van der Waals surface area contributed by atoms with Crippen molar-refractivity contribution in [3.63, 3.8) is 0 Å². The van der Waals surface area contributed by atoms with E-state index in [1.807, 2.05) is 11.1 Å². The lowest BCUT2D eigenvalue weighted by Crippen LogP contribution is -2.33. The summed E-state index contributed by atoms with van der Waals surface area (Å²) in [6, 6.07) is 6.08. The van der Waals surface area contributed by atoms with E-state index in [0.717, 1.165) is 42.9 Å². The number of ether oxygens (including phenoxy) is 1. The zero-order chi connectivity index (χ0) is 25.6. The molecule has 0 bridgehead atoms. The average molecular weight is 528 g/mol. The van der Waals surface area contributed by atoms with Crippen LogP contribution in [0, 0.1) is 5.82 Å². The maximum absolute atomic E-state index is 13.3. The second-order valence-electron chi connectivity index (χ2n) is 9.11. The van der Waals surface area contributed by atoms with Crippen molar-refractivity contribution >= 4 is 40.2 Å². The number of hydrazone groups is 1. The van der Waals surface area contributed by atoms with Crippen molar-refractivity contribution in [1.82, 2.24) is 14.9 Å². The Labute approximate surface area is 218 Å². The minimum atomic E-state index is -0.403. The van der Waals surface area contributed by atoms with Crippen LogP contribution in [-0.2, 0) is 16.0 Å². The van der Waals surface area contributed by atoms with Crippen LogP contribution < -0.4 is 10.6 Å². The third-order valence-electron chi connectivity index (χ3n) is 6.45. The van der Waals surface area contributed by atoms with Gasteiger partial charge in [-0.05, 0) is 50.1 Å². The van der Waals surface area contributed by atoms with E-state index < -0.39 is 5.82 Å². The normalized spacial score (nSPS) is 21.1. The number of halogens is 1. The minimum absolute atomic E-state index is 0.0946. The first-order valence-corrected chi connectivity index (χ1v) is 13.2. The molecule has 1 unspecified atom stereocenters. The van der Waals surface area contributed by atoms with Crippen LogP contribution in [-0.4, -0.2) is 83.1 Å². The number of aromatic nitrogens is 1. The number of fused-ring (bicyclic) bond motifs is 1. The molecule has 3 aliphatic heterocycles. The van der Waals surface area contributed by atoms with Gasteiger partial charge in [0.15, 0.2) is 11.0 Å². The van der Waals surface area contributed by atoms with E-state index in [2.05, 4.69) is 30.6 Å². The number of rotatable bonds is 10.